The van der Waals surface area contributed by atoms with E-state index in [-0.39, 0.29) is 17.9 Å². The van der Waals surface area contributed by atoms with Gasteiger partial charge in [0.15, 0.2) is 0 Å². The van der Waals surface area contributed by atoms with Crippen molar-refractivity contribution in [3.63, 3.8) is 0 Å². The lowest BCUT2D eigenvalue weighted by Gasteiger charge is -2.19. The van der Waals surface area contributed by atoms with Gasteiger partial charge in [-0.2, -0.15) is 0 Å². The molecule has 5 heteroatoms. The molecule has 0 spiro atoms. The Labute approximate surface area is 152 Å². The fraction of sp³-hybridized carbons (Fsp3) is 0.250. The van der Waals surface area contributed by atoms with E-state index in [1.54, 1.807) is 0 Å². The molecule has 130 valence electrons. The number of hydrogen-bond donors (Lipinski definition) is 3. The molecule has 0 aliphatic rings. The highest BCUT2D eigenvalue weighted by atomic mass is 35.5. The molecule has 0 saturated heterocycles. The Bertz CT molecular complexity index is 860. The van der Waals surface area contributed by atoms with Gasteiger partial charge in [-0.3, -0.25) is 4.79 Å². The summed E-state index contributed by atoms with van der Waals surface area (Å²) in [5, 5.41) is 4.79. The second kappa shape index (κ2) is 7.72. The highest BCUT2D eigenvalue weighted by Crippen LogP contribution is 2.23. The number of nitrogens with two attached hydrogens (primary N) is 1. The zero-order valence-corrected chi connectivity index (χ0v) is 14.9. The summed E-state index contributed by atoms with van der Waals surface area (Å²) >= 11 is 6.07. The predicted molar refractivity (Wildman–Crippen MR) is 103 cm³/mol. The Balaban J connectivity index is 1.57. The maximum absolute atomic E-state index is 12.4. The molecule has 1 heterocycles. The molecule has 2 aromatic carbocycles. The quantitative estimate of drug-likeness (QED) is 0.629. The number of H-pyrrole nitrogens is 1. The lowest BCUT2D eigenvalue weighted by molar-refractivity contribution is -0.125. The van der Waals surface area contributed by atoms with E-state index in [0.717, 1.165) is 28.5 Å². The van der Waals surface area contributed by atoms with E-state index in [0.29, 0.717) is 11.6 Å². The van der Waals surface area contributed by atoms with Crippen LogP contribution in [0.3, 0.4) is 0 Å². The first kappa shape index (κ1) is 17.5. The highest BCUT2D eigenvalue weighted by Gasteiger charge is 2.21. The minimum absolute atomic E-state index is 0.0331. The molecule has 4 N–H and O–H groups in total. The molecule has 0 aliphatic heterocycles. The number of aromatic amines is 1. The lowest BCUT2D eigenvalue weighted by atomic mass is 9.94. The SMILES string of the molecule is CC(C(=O)NCCc1c[nH]c2ccc(Cl)cc12)C(N)c1ccccc1. The average molecular weight is 356 g/mol. The summed E-state index contributed by atoms with van der Waals surface area (Å²) in [7, 11) is 0. The number of halogens is 1. The molecule has 2 atom stereocenters. The lowest BCUT2D eigenvalue weighted by Crippen LogP contribution is -2.36. The fourth-order valence-electron chi connectivity index (χ4n) is 2.97. The van der Waals surface area contributed by atoms with Crippen molar-refractivity contribution >= 4 is 28.4 Å². The highest BCUT2D eigenvalue weighted by molar-refractivity contribution is 6.31. The topological polar surface area (TPSA) is 70.9 Å². The maximum atomic E-state index is 12.4. The second-order valence-corrected chi connectivity index (χ2v) is 6.71. The molecular weight excluding hydrogens is 334 g/mol. The van der Waals surface area contributed by atoms with E-state index in [1.807, 2.05) is 61.7 Å². The van der Waals surface area contributed by atoms with Gasteiger partial charge >= 0.3 is 0 Å². The first-order valence-corrected chi connectivity index (χ1v) is 8.78. The molecule has 0 bridgehead atoms. The Morgan fingerprint density at radius 1 is 1.24 bits per heavy atom. The Hall–Kier alpha value is -2.30. The van der Waals surface area contributed by atoms with Crippen LogP contribution in [0, 0.1) is 5.92 Å². The number of benzene rings is 2. The van der Waals surface area contributed by atoms with E-state index in [9.17, 15) is 4.79 Å². The molecule has 0 radical (unpaired) electrons. The van der Waals surface area contributed by atoms with Crippen LogP contribution in [-0.2, 0) is 11.2 Å². The number of aromatic nitrogens is 1. The van der Waals surface area contributed by atoms with Crippen molar-refractivity contribution in [3.05, 3.63) is 70.9 Å². The first-order chi connectivity index (χ1) is 12.1. The van der Waals surface area contributed by atoms with Crippen molar-refractivity contribution in [2.75, 3.05) is 6.54 Å². The normalized spacial score (nSPS) is 13.6. The first-order valence-electron chi connectivity index (χ1n) is 8.40. The summed E-state index contributed by atoms with van der Waals surface area (Å²) in [6.07, 6.45) is 2.70. The molecule has 1 amide bonds. The van der Waals surface area contributed by atoms with E-state index in [2.05, 4.69) is 10.3 Å². The monoisotopic (exact) mass is 355 g/mol. The van der Waals surface area contributed by atoms with Gasteiger partial charge in [0.2, 0.25) is 5.91 Å². The van der Waals surface area contributed by atoms with Crippen molar-refractivity contribution in [2.45, 2.75) is 19.4 Å². The van der Waals surface area contributed by atoms with Crippen molar-refractivity contribution in [2.24, 2.45) is 11.7 Å². The molecule has 3 rings (SSSR count). The number of fused-ring (bicyclic) bond motifs is 1. The summed E-state index contributed by atoms with van der Waals surface area (Å²) in [4.78, 5) is 15.6. The van der Waals surface area contributed by atoms with Crippen LogP contribution in [-0.4, -0.2) is 17.4 Å². The average Bonchev–Trinajstić information content (AvgIpc) is 3.03. The minimum Gasteiger partial charge on any atom is -0.361 e. The van der Waals surface area contributed by atoms with E-state index in [4.69, 9.17) is 17.3 Å². The third-order valence-electron chi connectivity index (χ3n) is 4.56. The smallest absolute Gasteiger partial charge is 0.224 e. The summed E-state index contributed by atoms with van der Waals surface area (Å²) in [6, 6.07) is 15.2. The number of carbonyl (C=O) groups is 1. The number of rotatable bonds is 6. The van der Waals surface area contributed by atoms with E-state index >= 15 is 0 Å². The largest absolute Gasteiger partial charge is 0.361 e. The second-order valence-electron chi connectivity index (χ2n) is 6.27. The number of carbonyl (C=O) groups excluding carboxylic acids is 1. The molecule has 0 aliphatic carbocycles. The van der Waals surface area contributed by atoms with Gasteiger partial charge in [-0.15, -0.1) is 0 Å². The van der Waals surface area contributed by atoms with Gasteiger partial charge < -0.3 is 16.0 Å². The Kier molecular flexibility index (Phi) is 5.41. The van der Waals surface area contributed by atoms with E-state index < -0.39 is 0 Å². The standard InChI is InChI=1S/C20H22ClN3O/c1-13(19(22)14-5-3-2-4-6-14)20(25)23-10-9-15-12-24-18-8-7-16(21)11-17(15)18/h2-8,11-13,19,24H,9-10,22H2,1H3,(H,23,25). The molecular formula is C20H22ClN3O. The molecule has 0 fully saturated rings. The molecule has 3 aromatic rings. The van der Waals surface area contributed by atoms with Crippen LogP contribution in [0.5, 0.6) is 0 Å². The van der Waals surface area contributed by atoms with Gasteiger partial charge in [0.25, 0.3) is 0 Å². The summed E-state index contributed by atoms with van der Waals surface area (Å²) in [5.74, 6) is -0.325. The Morgan fingerprint density at radius 3 is 2.76 bits per heavy atom. The molecule has 25 heavy (non-hydrogen) atoms. The Morgan fingerprint density at radius 2 is 2.00 bits per heavy atom. The van der Waals surface area contributed by atoms with Gasteiger partial charge in [0, 0.05) is 34.7 Å². The van der Waals surface area contributed by atoms with Crippen molar-refractivity contribution in [1.82, 2.24) is 10.3 Å². The molecule has 1 aromatic heterocycles. The van der Waals surface area contributed by atoms with Gasteiger partial charge in [-0.1, -0.05) is 48.9 Å². The van der Waals surface area contributed by atoms with Crippen LogP contribution in [0.25, 0.3) is 10.9 Å². The third kappa shape index (κ3) is 4.03. The van der Waals surface area contributed by atoms with Crippen LogP contribution >= 0.6 is 11.6 Å². The van der Waals surface area contributed by atoms with Crippen molar-refractivity contribution < 1.29 is 4.79 Å². The number of amides is 1. The van der Waals surface area contributed by atoms with Crippen LogP contribution in [0.1, 0.15) is 24.1 Å². The van der Waals surface area contributed by atoms with Crippen LogP contribution < -0.4 is 11.1 Å². The number of hydrogen-bond acceptors (Lipinski definition) is 2. The zero-order chi connectivity index (χ0) is 17.8. The van der Waals surface area contributed by atoms with Crippen LogP contribution in [0.15, 0.2) is 54.7 Å². The fourth-order valence-corrected chi connectivity index (χ4v) is 3.14. The minimum atomic E-state index is -0.312. The van der Waals surface area contributed by atoms with Crippen molar-refractivity contribution in [3.8, 4) is 0 Å². The maximum Gasteiger partial charge on any atom is 0.224 e. The van der Waals surface area contributed by atoms with Gasteiger partial charge in [0.1, 0.15) is 0 Å². The van der Waals surface area contributed by atoms with Crippen LogP contribution in [0.4, 0.5) is 0 Å². The van der Waals surface area contributed by atoms with Gasteiger partial charge in [-0.25, -0.2) is 0 Å². The summed E-state index contributed by atoms with van der Waals surface area (Å²) in [6.45, 7) is 2.42. The predicted octanol–water partition coefficient (Wildman–Crippen LogP) is 3.82. The van der Waals surface area contributed by atoms with E-state index in [1.165, 1.54) is 0 Å². The van der Waals surface area contributed by atoms with Gasteiger partial charge in [0.05, 0.1) is 5.92 Å². The van der Waals surface area contributed by atoms with Crippen LogP contribution in [0.2, 0.25) is 5.02 Å². The van der Waals surface area contributed by atoms with Gasteiger partial charge in [-0.05, 0) is 35.7 Å². The third-order valence-corrected chi connectivity index (χ3v) is 4.79. The van der Waals surface area contributed by atoms with Crippen molar-refractivity contribution in [1.29, 1.82) is 0 Å². The number of nitrogens with one attached hydrogen (secondary N) is 2. The molecule has 4 nitrogen and oxygen atoms in total. The molecule has 2 unspecified atom stereocenters. The molecule has 0 saturated carbocycles. The zero-order valence-electron chi connectivity index (χ0n) is 14.1. The summed E-state index contributed by atoms with van der Waals surface area (Å²) < 4.78 is 0. The summed E-state index contributed by atoms with van der Waals surface area (Å²) in [5.41, 5.74) is 9.37.